The summed E-state index contributed by atoms with van der Waals surface area (Å²) in [5.41, 5.74) is -2.63. The number of non-ortho nitro benzene ring substituents is 1. The number of carbonyl (C=O) groups is 1. The third kappa shape index (κ3) is 3.85. The first-order chi connectivity index (χ1) is 9.77. The van der Waals surface area contributed by atoms with Gasteiger partial charge in [0.15, 0.2) is 4.90 Å². The molecule has 1 aromatic carbocycles. The minimum absolute atomic E-state index is 0.0274. The van der Waals surface area contributed by atoms with E-state index in [1.54, 1.807) is 0 Å². The van der Waals surface area contributed by atoms with Gasteiger partial charge >= 0.3 is 5.30 Å². The third-order valence-electron chi connectivity index (χ3n) is 2.09. The largest absolute Gasteiger partial charge is 0.458 e. The molecule has 0 radical (unpaired) electrons. The summed E-state index contributed by atoms with van der Waals surface area (Å²) < 4.78 is 4.54. The highest BCUT2D eigenvalue weighted by atomic mass is 32.2. The van der Waals surface area contributed by atoms with Crippen molar-refractivity contribution < 1.29 is 24.3 Å². The van der Waals surface area contributed by atoms with Gasteiger partial charge < -0.3 is 4.74 Å². The van der Waals surface area contributed by atoms with Crippen LogP contribution in [-0.2, 0) is 4.74 Å². The lowest BCUT2D eigenvalue weighted by atomic mass is 10.2. The number of hydrogen-bond donors (Lipinski definition) is 0. The van der Waals surface area contributed by atoms with Gasteiger partial charge in [-0.25, -0.2) is 4.79 Å². The van der Waals surface area contributed by atoms with Gasteiger partial charge in [-0.3, -0.25) is 30.3 Å². The average molecular weight is 317 g/mol. The Morgan fingerprint density at radius 3 is 1.90 bits per heavy atom. The molecule has 0 unspecified atom stereocenters. The van der Waals surface area contributed by atoms with Gasteiger partial charge in [0, 0.05) is 11.8 Å². The Kier molecular flexibility index (Phi) is 5.12. The van der Waals surface area contributed by atoms with Crippen molar-refractivity contribution in [2.45, 2.75) is 11.8 Å². The van der Waals surface area contributed by atoms with Gasteiger partial charge in [0.05, 0.1) is 33.5 Å². The van der Waals surface area contributed by atoms with Gasteiger partial charge in [-0.15, -0.1) is 0 Å². The molecule has 0 bridgehead atoms. The van der Waals surface area contributed by atoms with Crippen molar-refractivity contribution in [2.75, 3.05) is 6.61 Å². The van der Waals surface area contributed by atoms with Crippen molar-refractivity contribution in [1.82, 2.24) is 0 Å². The van der Waals surface area contributed by atoms with Gasteiger partial charge in [0.1, 0.15) is 0 Å². The normalized spacial score (nSPS) is 9.95. The Morgan fingerprint density at radius 1 is 1.10 bits per heavy atom. The van der Waals surface area contributed by atoms with Crippen LogP contribution in [0.2, 0.25) is 0 Å². The van der Waals surface area contributed by atoms with Crippen LogP contribution in [0.4, 0.5) is 21.9 Å². The number of carbonyl (C=O) groups excluding carboxylic acids is 1. The van der Waals surface area contributed by atoms with Crippen LogP contribution in [0.5, 0.6) is 0 Å². The number of rotatable bonds is 5. The van der Waals surface area contributed by atoms with E-state index in [1.165, 1.54) is 6.92 Å². The molecular weight excluding hydrogens is 310 g/mol. The molecule has 0 saturated heterocycles. The first-order valence-corrected chi connectivity index (χ1v) is 6.05. The fraction of sp³-hybridized carbons (Fsp3) is 0.222. The van der Waals surface area contributed by atoms with Crippen molar-refractivity contribution in [3.8, 4) is 0 Å². The predicted octanol–water partition coefficient (Wildman–Crippen LogP) is 2.66. The number of thioether (sulfide) groups is 1. The molecule has 0 aromatic heterocycles. The van der Waals surface area contributed by atoms with E-state index in [-0.39, 0.29) is 18.4 Å². The number of ether oxygens (including phenoxy) is 1. The molecule has 112 valence electrons. The SMILES string of the molecule is CCOC(=O)Sc1c([N+](=O)[O-])cc([N+](=O)[O-])cc1[N+](=O)[O-]. The van der Waals surface area contributed by atoms with E-state index in [0.29, 0.717) is 12.1 Å². The van der Waals surface area contributed by atoms with E-state index in [0.717, 1.165) is 0 Å². The van der Waals surface area contributed by atoms with Crippen LogP contribution >= 0.6 is 11.8 Å². The maximum absolute atomic E-state index is 11.3. The fourth-order valence-corrected chi connectivity index (χ4v) is 2.12. The summed E-state index contributed by atoms with van der Waals surface area (Å²) in [5.74, 6) is 0. The molecule has 0 saturated carbocycles. The van der Waals surface area contributed by atoms with Crippen molar-refractivity contribution in [1.29, 1.82) is 0 Å². The zero-order valence-electron chi connectivity index (χ0n) is 10.4. The molecule has 1 rings (SSSR count). The third-order valence-corrected chi connectivity index (χ3v) is 2.99. The second kappa shape index (κ2) is 6.60. The Labute approximate surface area is 120 Å². The highest BCUT2D eigenvalue weighted by molar-refractivity contribution is 8.13. The van der Waals surface area contributed by atoms with E-state index in [2.05, 4.69) is 4.74 Å². The molecule has 0 aliphatic heterocycles. The molecular formula is C9H7N3O8S. The standard InChI is InChI=1S/C9H7N3O8S/c1-2-20-9(13)21-8-6(11(16)17)3-5(10(14)15)4-7(8)12(18)19/h3-4H,2H2,1H3. The minimum Gasteiger partial charge on any atom is -0.458 e. The summed E-state index contributed by atoms with van der Waals surface area (Å²) in [6.45, 7) is 1.46. The summed E-state index contributed by atoms with van der Waals surface area (Å²) in [5, 5.41) is 31.5. The predicted molar refractivity (Wildman–Crippen MR) is 69.3 cm³/mol. The van der Waals surface area contributed by atoms with E-state index in [4.69, 9.17) is 0 Å². The Balaban J connectivity index is 3.50. The summed E-state index contributed by atoms with van der Waals surface area (Å²) >= 11 is 0.131. The van der Waals surface area contributed by atoms with Gasteiger partial charge in [0.2, 0.25) is 0 Å². The van der Waals surface area contributed by atoms with Crippen LogP contribution in [0.3, 0.4) is 0 Å². The number of nitro groups is 3. The van der Waals surface area contributed by atoms with E-state index in [1.807, 2.05) is 0 Å². The number of benzene rings is 1. The van der Waals surface area contributed by atoms with Gasteiger partial charge in [0.25, 0.3) is 17.1 Å². The lowest BCUT2D eigenvalue weighted by Gasteiger charge is -2.03. The minimum atomic E-state index is -1.04. The fourth-order valence-electron chi connectivity index (χ4n) is 1.30. The Hall–Kier alpha value is -2.76. The number of hydrogen-bond acceptors (Lipinski definition) is 9. The van der Waals surface area contributed by atoms with Crippen molar-refractivity contribution in [2.24, 2.45) is 0 Å². The Morgan fingerprint density at radius 2 is 1.57 bits per heavy atom. The van der Waals surface area contributed by atoms with Gasteiger partial charge in [-0.1, -0.05) is 0 Å². The molecule has 0 aliphatic carbocycles. The molecule has 0 atom stereocenters. The molecule has 12 heteroatoms. The lowest BCUT2D eigenvalue weighted by molar-refractivity contribution is -0.407. The molecule has 0 fully saturated rings. The second-order valence-corrected chi connectivity index (χ2v) is 4.32. The summed E-state index contributed by atoms with van der Waals surface area (Å²) in [6.07, 6.45) is 0. The zero-order valence-corrected chi connectivity index (χ0v) is 11.2. The van der Waals surface area contributed by atoms with Crippen LogP contribution in [0.25, 0.3) is 0 Å². The molecule has 1 aromatic rings. The zero-order chi connectivity index (χ0) is 16.2. The van der Waals surface area contributed by atoms with Crippen LogP contribution < -0.4 is 0 Å². The van der Waals surface area contributed by atoms with E-state index < -0.39 is 42.0 Å². The van der Waals surface area contributed by atoms with Crippen LogP contribution in [-0.4, -0.2) is 26.7 Å². The molecule has 0 aliphatic rings. The molecule has 11 nitrogen and oxygen atoms in total. The van der Waals surface area contributed by atoms with Crippen molar-refractivity contribution >= 4 is 34.1 Å². The summed E-state index contributed by atoms with van der Waals surface area (Å²) in [4.78, 5) is 40.1. The maximum Gasteiger partial charge on any atom is 0.372 e. The second-order valence-electron chi connectivity index (χ2n) is 3.37. The monoisotopic (exact) mass is 317 g/mol. The first-order valence-electron chi connectivity index (χ1n) is 5.23. The molecule has 0 spiro atoms. The molecule has 21 heavy (non-hydrogen) atoms. The average Bonchev–Trinajstić information content (AvgIpc) is 2.37. The van der Waals surface area contributed by atoms with Crippen LogP contribution in [0.1, 0.15) is 6.92 Å². The molecule has 0 N–H and O–H groups in total. The first kappa shape index (κ1) is 16.3. The smallest absolute Gasteiger partial charge is 0.372 e. The number of nitro benzene ring substituents is 3. The highest BCUT2D eigenvalue weighted by Crippen LogP contribution is 2.41. The van der Waals surface area contributed by atoms with Crippen molar-refractivity contribution in [3.63, 3.8) is 0 Å². The lowest BCUT2D eigenvalue weighted by Crippen LogP contribution is -2.03. The maximum atomic E-state index is 11.3. The quantitative estimate of drug-likeness (QED) is 0.344. The topological polar surface area (TPSA) is 156 Å². The highest BCUT2D eigenvalue weighted by Gasteiger charge is 2.32. The van der Waals surface area contributed by atoms with Gasteiger partial charge in [-0.05, 0) is 6.92 Å². The van der Waals surface area contributed by atoms with Gasteiger partial charge in [-0.2, -0.15) is 0 Å². The summed E-state index contributed by atoms with van der Waals surface area (Å²) in [6, 6.07) is 1.10. The number of nitrogens with zero attached hydrogens (tertiary/aromatic N) is 3. The van der Waals surface area contributed by atoms with Crippen LogP contribution in [0.15, 0.2) is 17.0 Å². The molecule has 0 amide bonds. The molecule has 0 heterocycles. The van der Waals surface area contributed by atoms with E-state index >= 15 is 0 Å². The van der Waals surface area contributed by atoms with Crippen molar-refractivity contribution in [3.05, 3.63) is 42.5 Å². The Bertz CT molecular complexity index is 596. The summed E-state index contributed by atoms with van der Waals surface area (Å²) in [7, 11) is 0. The van der Waals surface area contributed by atoms with Crippen LogP contribution in [0, 0.1) is 30.3 Å². The van der Waals surface area contributed by atoms with E-state index in [9.17, 15) is 35.1 Å².